The highest BCUT2D eigenvalue weighted by molar-refractivity contribution is 5.67. The minimum Gasteiger partial charge on any atom is -0.444 e. The zero-order valence-corrected chi connectivity index (χ0v) is 14.5. The second kappa shape index (κ2) is 5.45. The molecule has 21 heavy (non-hydrogen) atoms. The molecule has 0 spiro atoms. The van der Waals surface area contributed by atoms with E-state index in [1.807, 2.05) is 20.8 Å². The van der Waals surface area contributed by atoms with Gasteiger partial charge in [-0.05, 0) is 56.8 Å². The van der Waals surface area contributed by atoms with Crippen molar-refractivity contribution in [3.8, 4) is 0 Å². The van der Waals surface area contributed by atoms with E-state index in [-0.39, 0.29) is 6.09 Å². The molecule has 2 saturated carbocycles. The molecule has 2 bridgehead atoms. The predicted molar refractivity (Wildman–Crippen MR) is 85.3 cm³/mol. The summed E-state index contributed by atoms with van der Waals surface area (Å²) in [4.78, 5) is 11.6. The third-order valence-corrected chi connectivity index (χ3v) is 5.41. The summed E-state index contributed by atoms with van der Waals surface area (Å²) in [5, 5.41) is 6.52. The number of ether oxygens (including phenoxy) is 1. The molecule has 0 aromatic carbocycles. The number of hydrogen-bond acceptors (Lipinski definition) is 3. The van der Waals surface area contributed by atoms with Crippen molar-refractivity contribution < 1.29 is 9.53 Å². The molecular formula is C17H32N2O2. The standard InChI is InChI=1S/C17H32N2O2/c1-15(2,3)21-14(20)19-10-9-18-13-16(4,5)12-7-8-17(13,6)11-12/h12-13,18H,7-11H2,1-6H3,(H,19,20). The van der Waals surface area contributed by atoms with Crippen molar-refractivity contribution >= 4 is 6.09 Å². The normalized spacial score (nSPS) is 34.0. The number of nitrogens with one attached hydrogen (secondary N) is 2. The van der Waals surface area contributed by atoms with E-state index in [1.54, 1.807) is 0 Å². The number of rotatable bonds is 4. The van der Waals surface area contributed by atoms with Crippen molar-refractivity contribution in [1.82, 2.24) is 10.6 Å². The van der Waals surface area contributed by atoms with Crippen LogP contribution in [0.2, 0.25) is 0 Å². The predicted octanol–water partition coefficient (Wildman–Crippen LogP) is 3.32. The van der Waals surface area contributed by atoms with Crippen LogP contribution >= 0.6 is 0 Å². The fourth-order valence-electron chi connectivity index (χ4n) is 4.51. The zero-order chi connectivity index (χ0) is 15.9. The molecule has 1 amide bonds. The summed E-state index contributed by atoms with van der Waals surface area (Å²) in [5.74, 6) is 0.846. The van der Waals surface area contributed by atoms with Crippen LogP contribution in [0, 0.1) is 16.7 Å². The Bertz CT molecular complexity index is 395. The van der Waals surface area contributed by atoms with E-state index in [2.05, 4.69) is 31.4 Å². The van der Waals surface area contributed by atoms with Gasteiger partial charge in [0, 0.05) is 19.1 Å². The Morgan fingerprint density at radius 2 is 1.90 bits per heavy atom. The van der Waals surface area contributed by atoms with E-state index in [9.17, 15) is 4.79 Å². The van der Waals surface area contributed by atoms with E-state index in [1.165, 1.54) is 19.3 Å². The van der Waals surface area contributed by atoms with Gasteiger partial charge in [-0.2, -0.15) is 0 Å². The van der Waals surface area contributed by atoms with Crippen molar-refractivity contribution in [2.45, 2.75) is 72.4 Å². The summed E-state index contributed by atoms with van der Waals surface area (Å²) in [6.07, 6.45) is 3.72. The summed E-state index contributed by atoms with van der Waals surface area (Å²) in [6.45, 7) is 14.2. The lowest BCUT2D eigenvalue weighted by atomic mass is 9.68. The largest absolute Gasteiger partial charge is 0.444 e. The first-order valence-corrected chi connectivity index (χ1v) is 8.25. The molecule has 4 nitrogen and oxygen atoms in total. The van der Waals surface area contributed by atoms with Crippen LogP contribution in [-0.2, 0) is 4.74 Å². The third-order valence-electron chi connectivity index (χ3n) is 5.41. The molecule has 0 aromatic heterocycles. The summed E-state index contributed by atoms with van der Waals surface area (Å²) >= 11 is 0. The zero-order valence-electron chi connectivity index (χ0n) is 14.5. The van der Waals surface area contributed by atoms with Gasteiger partial charge in [-0.25, -0.2) is 4.79 Å². The first kappa shape index (κ1) is 16.6. The highest BCUT2D eigenvalue weighted by atomic mass is 16.6. The Kier molecular flexibility index (Phi) is 4.31. The highest BCUT2D eigenvalue weighted by Crippen LogP contribution is 2.62. The smallest absolute Gasteiger partial charge is 0.407 e. The third kappa shape index (κ3) is 3.53. The maximum Gasteiger partial charge on any atom is 0.407 e. The topological polar surface area (TPSA) is 50.4 Å². The maximum absolute atomic E-state index is 11.6. The number of amides is 1. The molecule has 122 valence electrons. The maximum atomic E-state index is 11.6. The van der Waals surface area contributed by atoms with Crippen LogP contribution in [-0.4, -0.2) is 30.8 Å². The number of alkyl carbamates (subject to hydrolysis) is 1. The van der Waals surface area contributed by atoms with Gasteiger partial charge in [0.25, 0.3) is 0 Å². The summed E-state index contributed by atoms with van der Waals surface area (Å²) < 4.78 is 5.24. The molecule has 0 aromatic rings. The number of carbonyl (C=O) groups excluding carboxylic acids is 1. The second-order valence-corrected chi connectivity index (χ2v) is 8.73. The second-order valence-electron chi connectivity index (χ2n) is 8.73. The minimum atomic E-state index is -0.433. The first-order chi connectivity index (χ1) is 9.55. The monoisotopic (exact) mass is 296 g/mol. The van der Waals surface area contributed by atoms with E-state index < -0.39 is 5.60 Å². The minimum absolute atomic E-state index is 0.331. The van der Waals surface area contributed by atoms with Crippen molar-refractivity contribution in [2.24, 2.45) is 16.7 Å². The first-order valence-electron chi connectivity index (χ1n) is 8.25. The van der Waals surface area contributed by atoms with Crippen molar-refractivity contribution in [3.05, 3.63) is 0 Å². The fourth-order valence-corrected chi connectivity index (χ4v) is 4.51. The molecule has 2 rings (SSSR count). The molecule has 4 heteroatoms. The van der Waals surface area contributed by atoms with Gasteiger partial charge < -0.3 is 15.4 Å². The lowest BCUT2D eigenvalue weighted by Gasteiger charge is -2.43. The average Bonchev–Trinajstić information content (AvgIpc) is 2.76. The van der Waals surface area contributed by atoms with Gasteiger partial charge in [-0.3, -0.25) is 0 Å². The summed E-state index contributed by atoms with van der Waals surface area (Å²) in [7, 11) is 0. The van der Waals surface area contributed by atoms with Crippen LogP contribution < -0.4 is 10.6 Å². The molecule has 3 unspecified atom stereocenters. The molecule has 2 N–H and O–H groups in total. The van der Waals surface area contributed by atoms with Gasteiger partial charge in [-0.15, -0.1) is 0 Å². The fraction of sp³-hybridized carbons (Fsp3) is 0.941. The van der Waals surface area contributed by atoms with Crippen molar-refractivity contribution in [2.75, 3.05) is 13.1 Å². The van der Waals surface area contributed by atoms with Crippen LogP contribution in [0.4, 0.5) is 4.79 Å². The van der Waals surface area contributed by atoms with E-state index >= 15 is 0 Å². The lowest BCUT2D eigenvalue weighted by molar-refractivity contribution is 0.0524. The average molecular weight is 296 g/mol. The number of carbonyl (C=O) groups is 1. The van der Waals surface area contributed by atoms with Crippen LogP contribution in [0.15, 0.2) is 0 Å². The van der Waals surface area contributed by atoms with E-state index in [0.717, 1.165) is 12.5 Å². The van der Waals surface area contributed by atoms with Gasteiger partial charge in [0.15, 0.2) is 0 Å². The van der Waals surface area contributed by atoms with Crippen molar-refractivity contribution in [1.29, 1.82) is 0 Å². The quantitative estimate of drug-likeness (QED) is 0.783. The Balaban J connectivity index is 1.75. The van der Waals surface area contributed by atoms with Gasteiger partial charge in [-0.1, -0.05) is 20.8 Å². The molecule has 2 fully saturated rings. The number of fused-ring (bicyclic) bond motifs is 2. The lowest BCUT2D eigenvalue weighted by Crippen LogP contribution is -2.52. The molecule has 0 radical (unpaired) electrons. The summed E-state index contributed by atoms with van der Waals surface area (Å²) in [5.41, 5.74) is 0.358. The van der Waals surface area contributed by atoms with Crippen LogP contribution in [0.1, 0.15) is 60.8 Å². The van der Waals surface area contributed by atoms with Crippen molar-refractivity contribution in [3.63, 3.8) is 0 Å². The molecular weight excluding hydrogens is 264 g/mol. The van der Waals surface area contributed by atoms with E-state index in [0.29, 0.717) is 23.4 Å². The Morgan fingerprint density at radius 1 is 1.24 bits per heavy atom. The molecule has 2 aliphatic carbocycles. The van der Waals surface area contributed by atoms with Crippen LogP contribution in [0.3, 0.4) is 0 Å². The van der Waals surface area contributed by atoms with Gasteiger partial charge in [0.2, 0.25) is 0 Å². The van der Waals surface area contributed by atoms with Crippen LogP contribution in [0.5, 0.6) is 0 Å². The highest BCUT2D eigenvalue weighted by Gasteiger charge is 2.58. The Labute approximate surface area is 129 Å². The van der Waals surface area contributed by atoms with Gasteiger partial charge in [0.1, 0.15) is 5.60 Å². The van der Waals surface area contributed by atoms with Gasteiger partial charge in [0.05, 0.1) is 0 Å². The van der Waals surface area contributed by atoms with Gasteiger partial charge >= 0.3 is 6.09 Å². The molecule has 0 heterocycles. The SMILES string of the molecule is CC(C)(C)OC(=O)NCCNC1C2(C)CCC(C2)C1(C)C. The van der Waals surface area contributed by atoms with Crippen LogP contribution in [0.25, 0.3) is 0 Å². The Hall–Kier alpha value is -0.770. The molecule has 0 aliphatic heterocycles. The number of hydrogen-bond donors (Lipinski definition) is 2. The molecule has 3 atom stereocenters. The molecule has 2 aliphatic rings. The summed E-state index contributed by atoms with van der Waals surface area (Å²) in [6, 6.07) is 0.546. The Morgan fingerprint density at radius 3 is 2.43 bits per heavy atom. The van der Waals surface area contributed by atoms with E-state index in [4.69, 9.17) is 4.74 Å². The molecule has 0 saturated heterocycles.